The number of benzene rings is 2. The third kappa shape index (κ3) is 5.87. The molecule has 184 valence electrons. The number of rotatable bonds is 8. The standard InChI is InChI=1S/C25H23ClFN3O3.C2H6/c26-23-19-11-12-30(24(19)29-16-28-23)25-21(27)22(32-14-18-9-5-2-6-10-18)20(33-25)15-31-13-17-7-3-1-4-8-17;1-2/h1-12,16,20-22,25H,13-15H2;1-2H3. The lowest BCUT2D eigenvalue weighted by atomic mass is 10.1. The largest absolute Gasteiger partial charge is 0.374 e. The second-order valence-electron chi connectivity index (χ2n) is 7.90. The number of halogens is 2. The highest BCUT2D eigenvalue weighted by Crippen LogP contribution is 2.37. The predicted molar refractivity (Wildman–Crippen MR) is 134 cm³/mol. The first-order chi connectivity index (χ1) is 17.2. The molecule has 0 N–H and O–H groups in total. The van der Waals surface area contributed by atoms with E-state index in [2.05, 4.69) is 9.97 Å². The summed E-state index contributed by atoms with van der Waals surface area (Å²) in [5.41, 5.74) is 2.51. The quantitative estimate of drug-likeness (QED) is 0.273. The van der Waals surface area contributed by atoms with Crippen LogP contribution in [-0.4, -0.2) is 39.5 Å². The van der Waals surface area contributed by atoms with Crippen LogP contribution in [0, 0.1) is 0 Å². The predicted octanol–water partition coefficient (Wildman–Crippen LogP) is 6.15. The molecule has 3 heterocycles. The second-order valence-corrected chi connectivity index (χ2v) is 8.25. The molecule has 1 saturated heterocycles. The fourth-order valence-electron chi connectivity index (χ4n) is 4.03. The van der Waals surface area contributed by atoms with Crippen LogP contribution in [0.25, 0.3) is 11.0 Å². The minimum atomic E-state index is -1.43. The summed E-state index contributed by atoms with van der Waals surface area (Å²) in [6.07, 6.45) is -0.673. The number of nitrogens with zero attached hydrogens (tertiary/aromatic N) is 3. The Balaban J connectivity index is 0.00000141. The Morgan fingerprint density at radius 3 is 2.29 bits per heavy atom. The number of hydrogen-bond acceptors (Lipinski definition) is 5. The van der Waals surface area contributed by atoms with Crippen LogP contribution in [0.2, 0.25) is 5.15 Å². The Bertz CT molecular complexity index is 1190. The fraction of sp³-hybridized carbons (Fsp3) is 0.333. The van der Waals surface area contributed by atoms with E-state index in [4.69, 9.17) is 25.8 Å². The van der Waals surface area contributed by atoms with E-state index in [0.717, 1.165) is 11.1 Å². The number of hydrogen-bond donors (Lipinski definition) is 0. The lowest BCUT2D eigenvalue weighted by molar-refractivity contribution is -0.0818. The van der Waals surface area contributed by atoms with Gasteiger partial charge < -0.3 is 18.8 Å². The van der Waals surface area contributed by atoms with Crippen molar-refractivity contribution in [3.63, 3.8) is 0 Å². The smallest absolute Gasteiger partial charge is 0.174 e. The van der Waals surface area contributed by atoms with Gasteiger partial charge in [-0.1, -0.05) is 86.1 Å². The molecule has 4 aromatic rings. The minimum absolute atomic E-state index is 0.195. The van der Waals surface area contributed by atoms with E-state index in [9.17, 15) is 0 Å². The molecule has 0 aliphatic carbocycles. The van der Waals surface area contributed by atoms with Crippen LogP contribution in [0.3, 0.4) is 0 Å². The van der Waals surface area contributed by atoms with E-state index >= 15 is 4.39 Å². The zero-order valence-corrected chi connectivity index (χ0v) is 20.5. The van der Waals surface area contributed by atoms with E-state index in [0.29, 0.717) is 22.8 Å². The molecule has 2 aromatic carbocycles. The maximum Gasteiger partial charge on any atom is 0.174 e. The van der Waals surface area contributed by atoms with Gasteiger partial charge in [0, 0.05) is 6.20 Å². The van der Waals surface area contributed by atoms with E-state index in [1.54, 1.807) is 16.8 Å². The molecule has 5 rings (SSSR count). The highest BCUT2D eigenvalue weighted by Gasteiger charge is 2.47. The van der Waals surface area contributed by atoms with Crippen LogP contribution in [0.5, 0.6) is 0 Å². The lowest BCUT2D eigenvalue weighted by Gasteiger charge is -2.20. The third-order valence-corrected chi connectivity index (χ3v) is 5.98. The van der Waals surface area contributed by atoms with E-state index in [1.165, 1.54) is 6.33 Å². The zero-order chi connectivity index (χ0) is 24.6. The van der Waals surface area contributed by atoms with Crippen molar-refractivity contribution in [1.29, 1.82) is 0 Å². The Hall–Kier alpha value is -2.84. The van der Waals surface area contributed by atoms with Gasteiger partial charge in [0.2, 0.25) is 0 Å². The van der Waals surface area contributed by atoms with Crippen molar-refractivity contribution in [3.05, 3.63) is 95.5 Å². The van der Waals surface area contributed by atoms with Crippen molar-refractivity contribution < 1.29 is 18.6 Å². The van der Waals surface area contributed by atoms with Crippen LogP contribution in [0.4, 0.5) is 4.39 Å². The molecule has 8 heteroatoms. The topological polar surface area (TPSA) is 58.4 Å². The number of aromatic nitrogens is 3. The average molecular weight is 498 g/mol. The van der Waals surface area contributed by atoms with Gasteiger partial charge in [0.05, 0.1) is 25.2 Å². The molecule has 2 aromatic heterocycles. The first-order valence-electron chi connectivity index (χ1n) is 11.7. The molecule has 35 heavy (non-hydrogen) atoms. The fourth-order valence-corrected chi connectivity index (χ4v) is 4.22. The normalized spacial score (nSPS) is 21.6. The molecule has 1 aliphatic rings. The van der Waals surface area contributed by atoms with Crippen molar-refractivity contribution in [2.75, 3.05) is 6.61 Å². The molecule has 0 radical (unpaired) electrons. The van der Waals surface area contributed by atoms with Gasteiger partial charge >= 0.3 is 0 Å². The summed E-state index contributed by atoms with van der Waals surface area (Å²) in [6, 6.07) is 21.2. The van der Waals surface area contributed by atoms with Crippen molar-refractivity contribution in [2.45, 2.75) is 51.7 Å². The van der Waals surface area contributed by atoms with Gasteiger partial charge in [0.25, 0.3) is 0 Å². The molecular formula is C27H29ClFN3O3. The summed E-state index contributed by atoms with van der Waals surface area (Å²) in [6.45, 7) is 4.88. The molecule has 0 amide bonds. The maximum atomic E-state index is 15.7. The first kappa shape index (κ1) is 25.3. The highest BCUT2D eigenvalue weighted by molar-refractivity contribution is 6.33. The summed E-state index contributed by atoms with van der Waals surface area (Å²) < 4.78 is 35.4. The molecule has 1 fully saturated rings. The van der Waals surface area contributed by atoms with Crippen LogP contribution in [0.15, 0.2) is 79.3 Å². The van der Waals surface area contributed by atoms with Crippen molar-refractivity contribution in [1.82, 2.24) is 14.5 Å². The number of alkyl halides is 1. The van der Waals surface area contributed by atoms with Gasteiger partial charge in [-0.25, -0.2) is 14.4 Å². The van der Waals surface area contributed by atoms with Crippen molar-refractivity contribution >= 4 is 22.6 Å². The van der Waals surface area contributed by atoms with Crippen LogP contribution in [-0.2, 0) is 27.4 Å². The van der Waals surface area contributed by atoms with Crippen LogP contribution in [0.1, 0.15) is 31.2 Å². The lowest BCUT2D eigenvalue weighted by Crippen LogP contribution is -2.34. The Kier molecular flexibility index (Phi) is 8.82. The zero-order valence-electron chi connectivity index (χ0n) is 19.8. The molecule has 0 saturated carbocycles. The molecule has 0 bridgehead atoms. The highest BCUT2D eigenvalue weighted by atomic mass is 35.5. The van der Waals surface area contributed by atoms with Gasteiger partial charge in [0.1, 0.15) is 29.3 Å². The number of ether oxygens (including phenoxy) is 3. The Morgan fingerprint density at radius 1 is 0.943 bits per heavy atom. The maximum absolute atomic E-state index is 15.7. The van der Waals surface area contributed by atoms with Crippen LogP contribution >= 0.6 is 11.6 Å². The Labute approximate surface area is 209 Å². The second kappa shape index (κ2) is 12.2. The molecular weight excluding hydrogens is 469 g/mol. The van der Waals surface area contributed by atoms with E-state index < -0.39 is 24.6 Å². The van der Waals surface area contributed by atoms with Crippen molar-refractivity contribution in [3.8, 4) is 0 Å². The van der Waals surface area contributed by atoms with Crippen molar-refractivity contribution in [2.24, 2.45) is 0 Å². The minimum Gasteiger partial charge on any atom is -0.374 e. The molecule has 1 aliphatic heterocycles. The van der Waals surface area contributed by atoms with Gasteiger partial charge in [-0.3, -0.25) is 0 Å². The van der Waals surface area contributed by atoms with E-state index in [1.807, 2.05) is 74.5 Å². The molecule has 6 nitrogen and oxygen atoms in total. The summed E-state index contributed by atoms with van der Waals surface area (Å²) in [7, 11) is 0. The van der Waals surface area contributed by atoms with Gasteiger partial charge in [-0.2, -0.15) is 0 Å². The summed E-state index contributed by atoms with van der Waals surface area (Å²) in [4.78, 5) is 8.27. The number of fused-ring (bicyclic) bond motifs is 1. The summed E-state index contributed by atoms with van der Waals surface area (Å²) in [5.74, 6) is 0. The molecule has 0 spiro atoms. The van der Waals surface area contributed by atoms with Gasteiger partial charge in [-0.15, -0.1) is 0 Å². The monoisotopic (exact) mass is 497 g/mol. The van der Waals surface area contributed by atoms with Gasteiger partial charge in [0.15, 0.2) is 12.4 Å². The Morgan fingerprint density at radius 2 is 1.60 bits per heavy atom. The first-order valence-corrected chi connectivity index (χ1v) is 12.1. The van der Waals surface area contributed by atoms with Gasteiger partial charge in [-0.05, 0) is 17.2 Å². The summed E-state index contributed by atoms with van der Waals surface area (Å²) >= 11 is 6.17. The van der Waals surface area contributed by atoms with E-state index in [-0.39, 0.29) is 13.2 Å². The summed E-state index contributed by atoms with van der Waals surface area (Å²) in [5, 5.41) is 0.951. The molecule has 4 unspecified atom stereocenters. The van der Waals surface area contributed by atoms with Crippen LogP contribution < -0.4 is 0 Å². The SMILES string of the molecule is CC.FC1C(OCc2ccccc2)C(COCc2ccccc2)OC1n1ccc2c(Cl)ncnc21. The average Bonchev–Trinajstić information content (AvgIpc) is 3.47. The third-order valence-electron chi connectivity index (χ3n) is 5.68. The molecule has 4 atom stereocenters.